The number of esters is 2. The Morgan fingerprint density at radius 3 is 2.29 bits per heavy atom. The molecule has 0 unspecified atom stereocenters. The van der Waals surface area contributed by atoms with Gasteiger partial charge in [-0.25, -0.2) is 4.79 Å². The number of hydrogen-bond acceptors (Lipinski definition) is 15. The van der Waals surface area contributed by atoms with Crippen LogP contribution in [0.25, 0.3) is 0 Å². The van der Waals surface area contributed by atoms with Gasteiger partial charge in [-0.15, -0.1) is 0 Å². The van der Waals surface area contributed by atoms with Crippen LogP contribution in [0.3, 0.4) is 0 Å². The van der Waals surface area contributed by atoms with Gasteiger partial charge in [-0.1, -0.05) is 32.9 Å². The number of ether oxygens (including phenoxy) is 7. The topological polar surface area (TPSA) is 212 Å². The highest BCUT2D eigenvalue weighted by molar-refractivity contribution is 5.79. The van der Waals surface area contributed by atoms with Crippen molar-refractivity contribution < 1.29 is 62.4 Å². The fourth-order valence-corrected chi connectivity index (χ4v) is 8.33. The van der Waals surface area contributed by atoms with Crippen molar-refractivity contribution in [2.45, 2.75) is 147 Å². The number of methoxy groups -OCH3 is 1. The van der Waals surface area contributed by atoms with Crippen LogP contribution in [0.5, 0.6) is 0 Å². The SMILES string of the molecule is CC[C@H]1OC(=O)[C@H](C)[C@@H](OC(=O)Cc2ccc([N+](=O)[O-])cc2)[C@H](C)[C@@H](O[C@@H]2O[C@H](C)C[C@H](N(C)C)[C@H]2O)[C@](C)(OC)C[C@@H](C)C(=O)N[C@H](C)[C@H]2OC(=O)O[C@@]21C. The first-order chi connectivity index (χ1) is 26.1. The van der Waals surface area contributed by atoms with Gasteiger partial charge in [0.25, 0.3) is 5.69 Å². The summed E-state index contributed by atoms with van der Waals surface area (Å²) in [6, 6.07) is 4.31. The number of non-ortho nitro benzene ring substituents is 1. The molecule has 56 heavy (non-hydrogen) atoms. The number of carbonyl (C=O) groups excluding carboxylic acids is 4. The summed E-state index contributed by atoms with van der Waals surface area (Å²) in [5.41, 5.74) is -2.57. The van der Waals surface area contributed by atoms with Gasteiger partial charge in [-0.05, 0) is 73.5 Å². The van der Waals surface area contributed by atoms with E-state index in [4.69, 9.17) is 33.2 Å². The van der Waals surface area contributed by atoms with Gasteiger partial charge in [-0.3, -0.25) is 24.5 Å². The minimum Gasteiger partial charge on any atom is -0.461 e. The van der Waals surface area contributed by atoms with Crippen LogP contribution in [-0.2, 0) is 54.0 Å². The van der Waals surface area contributed by atoms with Gasteiger partial charge in [0.2, 0.25) is 5.91 Å². The molecule has 0 aliphatic carbocycles. The van der Waals surface area contributed by atoms with Crippen molar-refractivity contribution >= 4 is 29.7 Å². The van der Waals surface area contributed by atoms with Crippen molar-refractivity contribution in [1.29, 1.82) is 0 Å². The van der Waals surface area contributed by atoms with Gasteiger partial charge in [0.15, 0.2) is 18.0 Å². The number of aliphatic hydroxyl groups is 1. The van der Waals surface area contributed by atoms with Gasteiger partial charge in [0.05, 0.1) is 41.1 Å². The molecule has 17 nitrogen and oxygen atoms in total. The molecule has 17 heteroatoms. The van der Waals surface area contributed by atoms with E-state index in [-0.39, 0.29) is 37.1 Å². The van der Waals surface area contributed by atoms with Crippen LogP contribution in [0.1, 0.15) is 80.2 Å². The number of nitro benzene ring substituents is 1. The van der Waals surface area contributed by atoms with Gasteiger partial charge in [0, 0.05) is 37.1 Å². The molecular formula is C39H59N3O14. The maximum Gasteiger partial charge on any atom is 0.509 e. The summed E-state index contributed by atoms with van der Waals surface area (Å²) in [6.07, 6.45) is -7.58. The molecule has 3 saturated heterocycles. The molecule has 2 N–H and O–H groups in total. The summed E-state index contributed by atoms with van der Waals surface area (Å²) in [5, 5.41) is 25.7. The number of carbonyl (C=O) groups is 4. The van der Waals surface area contributed by atoms with Gasteiger partial charge in [-0.2, -0.15) is 0 Å². The van der Waals surface area contributed by atoms with Crippen LogP contribution in [0.15, 0.2) is 24.3 Å². The largest absolute Gasteiger partial charge is 0.509 e. The third kappa shape index (κ3) is 9.79. The highest BCUT2D eigenvalue weighted by Crippen LogP contribution is 2.40. The zero-order valence-corrected chi connectivity index (χ0v) is 34.2. The zero-order chi connectivity index (χ0) is 41.9. The fraction of sp³-hybridized carbons (Fsp3) is 0.744. The average molecular weight is 794 g/mol. The second-order valence-corrected chi connectivity index (χ2v) is 16.2. The van der Waals surface area contributed by atoms with E-state index in [0.29, 0.717) is 12.0 Å². The lowest BCUT2D eigenvalue weighted by atomic mass is 9.77. The Balaban J connectivity index is 1.83. The Kier molecular flexibility index (Phi) is 14.5. The van der Waals surface area contributed by atoms with E-state index >= 15 is 0 Å². The number of nitrogens with one attached hydrogen (secondary N) is 1. The molecular weight excluding hydrogens is 734 g/mol. The molecule has 1 aromatic carbocycles. The maximum atomic E-state index is 14.3. The molecule has 0 spiro atoms. The molecule has 314 valence electrons. The highest BCUT2D eigenvalue weighted by atomic mass is 16.8. The number of benzene rings is 1. The Bertz CT molecular complexity index is 1580. The van der Waals surface area contributed by atoms with Crippen molar-refractivity contribution in [3.63, 3.8) is 0 Å². The molecule has 3 fully saturated rings. The molecule has 1 aromatic rings. The molecule has 3 aliphatic rings. The van der Waals surface area contributed by atoms with Crippen LogP contribution in [0, 0.1) is 27.9 Å². The van der Waals surface area contributed by atoms with Crippen LogP contribution < -0.4 is 5.32 Å². The van der Waals surface area contributed by atoms with Crippen LogP contribution in [-0.4, -0.2) is 126 Å². The first-order valence-corrected chi connectivity index (χ1v) is 19.2. The summed E-state index contributed by atoms with van der Waals surface area (Å²) in [7, 11) is 5.13. The second-order valence-electron chi connectivity index (χ2n) is 16.2. The Hall–Kier alpha value is -3.90. The molecule has 3 heterocycles. The van der Waals surface area contributed by atoms with Crippen LogP contribution in [0.2, 0.25) is 0 Å². The number of aliphatic hydroxyl groups excluding tert-OH is 1. The number of nitrogens with zero attached hydrogens (tertiary/aromatic N) is 2. The number of amides is 1. The number of likely N-dealkylation sites (N-methyl/N-ethyl adjacent to an activating group) is 1. The molecule has 1 amide bonds. The van der Waals surface area contributed by atoms with Crippen molar-refractivity contribution in [3.05, 3.63) is 39.9 Å². The average Bonchev–Trinajstić information content (AvgIpc) is 3.45. The van der Waals surface area contributed by atoms with E-state index in [1.165, 1.54) is 38.3 Å². The molecule has 4 rings (SSSR count). The third-order valence-corrected chi connectivity index (χ3v) is 11.6. The van der Waals surface area contributed by atoms with Crippen molar-refractivity contribution in [2.24, 2.45) is 17.8 Å². The van der Waals surface area contributed by atoms with Crippen molar-refractivity contribution in [1.82, 2.24) is 10.2 Å². The van der Waals surface area contributed by atoms with Crippen molar-refractivity contribution in [3.8, 4) is 0 Å². The predicted molar refractivity (Wildman–Crippen MR) is 199 cm³/mol. The third-order valence-electron chi connectivity index (χ3n) is 11.6. The normalized spacial score (nSPS) is 38.6. The molecule has 0 bridgehead atoms. The summed E-state index contributed by atoms with van der Waals surface area (Å²) < 4.78 is 42.6. The monoisotopic (exact) mass is 793 g/mol. The van der Waals surface area contributed by atoms with E-state index < -0.39 is 101 Å². The fourth-order valence-electron chi connectivity index (χ4n) is 8.33. The first kappa shape index (κ1) is 44.8. The van der Waals surface area contributed by atoms with E-state index in [1.807, 2.05) is 25.9 Å². The van der Waals surface area contributed by atoms with Crippen LogP contribution >= 0.6 is 0 Å². The minimum absolute atomic E-state index is 0.0463. The van der Waals surface area contributed by atoms with Gasteiger partial charge < -0.3 is 48.5 Å². The lowest BCUT2D eigenvalue weighted by Crippen LogP contribution is -2.60. The zero-order valence-electron chi connectivity index (χ0n) is 34.2. The summed E-state index contributed by atoms with van der Waals surface area (Å²) in [5.74, 6) is -4.73. The summed E-state index contributed by atoms with van der Waals surface area (Å²) >= 11 is 0. The smallest absolute Gasteiger partial charge is 0.461 e. The second kappa shape index (κ2) is 18.1. The van der Waals surface area contributed by atoms with Crippen molar-refractivity contribution in [2.75, 3.05) is 21.2 Å². The molecule has 14 atom stereocenters. The lowest BCUT2D eigenvalue weighted by molar-refractivity contribution is -0.384. The van der Waals surface area contributed by atoms with Gasteiger partial charge >= 0.3 is 18.1 Å². The lowest BCUT2D eigenvalue weighted by Gasteiger charge is -2.48. The first-order valence-electron chi connectivity index (χ1n) is 19.2. The Morgan fingerprint density at radius 2 is 1.71 bits per heavy atom. The Labute approximate surface area is 328 Å². The Morgan fingerprint density at radius 1 is 1.07 bits per heavy atom. The van der Waals surface area contributed by atoms with Crippen LogP contribution in [0.4, 0.5) is 10.5 Å². The molecule has 0 saturated carbocycles. The maximum absolute atomic E-state index is 14.3. The molecule has 0 radical (unpaired) electrons. The number of hydrogen-bond donors (Lipinski definition) is 2. The highest BCUT2D eigenvalue weighted by Gasteiger charge is 2.58. The molecule has 0 aromatic heterocycles. The van der Waals surface area contributed by atoms with E-state index in [1.54, 1.807) is 41.5 Å². The number of fused-ring (bicyclic) bond motifs is 1. The van der Waals surface area contributed by atoms with Gasteiger partial charge in [0.1, 0.15) is 18.3 Å². The van der Waals surface area contributed by atoms with E-state index in [0.717, 1.165) is 0 Å². The van der Waals surface area contributed by atoms with E-state index in [9.17, 15) is 34.4 Å². The predicted octanol–water partition coefficient (Wildman–Crippen LogP) is 3.70. The minimum atomic E-state index is -1.51. The van der Waals surface area contributed by atoms with E-state index in [2.05, 4.69) is 5.32 Å². The number of cyclic esters (lactones) is 1. The summed E-state index contributed by atoms with van der Waals surface area (Å²) in [6.45, 7) is 13.5. The standard InChI is InChI=1S/C39H59N3O14/c1-12-28-39(8)33(55-37(47)56-39)24(6)40-34(45)20(2)19-38(7,50-11)32(54-36-30(44)27(41(9)10)17-21(3)51-36)22(4)31(23(5)35(46)52-28)53-29(43)18-25-13-15-26(16-14-25)42(48)49/h13-16,20-24,27-28,30-33,36,44H,12,17-19H2,1-11H3,(H,40,45)/t20-,21-,22+,23-,24-,27+,28-,30-,31+,32-,33-,36+,38-,39-/m1/s1. The quantitative estimate of drug-likeness (QED) is 0.158. The molecule has 3 aliphatic heterocycles. The number of nitro groups is 1. The number of rotatable bonds is 9. The summed E-state index contributed by atoms with van der Waals surface area (Å²) in [4.78, 5) is 67.1.